The molecular formula is C19H21N3O. The van der Waals surface area contributed by atoms with Gasteiger partial charge < -0.3 is 4.90 Å². The molecule has 3 rings (SSSR count). The Kier molecular flexibility index (Phi) is 4.42. The van der Waals surface area contributed by atoms with Gasteiger partial charge in [0, 0.05) is 11.7 Å². The van der Waals surface area contributed by atoms with Gasteiger partial charge in [-0.15, -0.1) is 6.58 Å². The van der Waals surface area contributed by atoms with E-state index in [1.54, 1.807) is 6.07 Å². The van der Waals surface area contributed by atoms with Crippen LogP contribution in [-0.2, 0) is 0 Å². The van der Waals surface area contributed by atoms with Gasteiger partial charge in [-0.3, -0.25) is 9.89 Å². The van der Waals surface area contributed by atoms with Crippen molar-refractivity contribution in [2.24, 2.45) is 0 Å². The number of aromatic amines is 1. The highest BCUT2D eigenvalue weighted by Crippen LogP contribution is 2.32. The number of carbonyl (C=O) groups excluding carboxylic acids is 1. The first-order valence-corrected chi connectivity index (χ1v) is 7.88. The maximum absolute atomic E-state index is 13.1. The van der Waals surface area contributed by atoms with Crippen molar-refractivity contribution < 1.29 is 4.79 Å². The van der Waals surface area contributed by atoms with Crippen LogP contribution < -0.4 is 0 Å². The molecule has 0 radical (unpaired) electrons. The molecule has 1 aliphatic rings. The SMILES string of the molecule is C=CC[C@@H]1CC=C[C@@H](c2ccccc2)N1C(=O)c1cc(C)[nH]n1. The largest absolute Gasteiger partial charge is 0.323 e. The molecule has 0 spiro atoms. The Morgan fingerprint density at radius 3 is 2.87 bits per heavy atom. The van der Waals surface area contributed by atoms with Crippen LogP contribution in [0.15, 0.2) is 61.2 Å². The normalized spacial score (nSPS) is 20.5. The summed E-state index contributed by atoms with van der Waals surface area (Å²) in [6, 6.07) is 11.9. The van der Waals surface area contributed by atoms with Crippen molar-refractivity contribution in [3.63, 3.8) is 0 Å². The van der Waals surface area contributed by atoms with Crippen LogP contribution in [0.5, 0.6) is 0 Å². The lowest BCUT2D eigenvalue weighted by atomic mass is 9.94. The van der Waals surface area contributed by atoms with Crippen molar-refractivity contribution in [3.05, 3.63) is 78.2 Å². The van der Waals surface area contributed by atoms with Crippen LogP contribution in [-0.4, -0.2) is 27.0 Å². The molecule has 0 bridgehead atoms. The number of nitrogens with zero attached hydrogens (tertiary/aromatic N) is 2. The monoisotopic (exact) mass is 307 g/mol. The van der Waals surface area contributed by atoms with Crippen molar-refractivity contribution in [3.8, 4) is 0 Å². The fourth-order valence-corrected chi connectivity index (χ4v) is 3.07. The van der Waals surface area contributed by atoms with Gasteiger partial charge >= 0.3 is 0 Å². The Morgan fingerprint density at radius 1 is 1.43 bits per heavy atom. The first-order chi connectivity index (χ1) is 11.2. The second kappa shape index (κ2) is 6.65. The highest BCUT2D eigenvalue weighted by Gasteiger charge is 2.33. The molecule has 0 saturated heterocycles. The molecule has 2 aromatic rings. The lowest BCUT2D eigenvalue weighted by Gasteiger charge is -2.39. The van der Waals surface area contributed by atoms with E-state index in [1.807, 2.05) is 36.1 Å². The predicted octanol–water partition coefficient (Wildman–Crippen LogP) is 3.81. The first-order valence-electron chi connectivity index (χ1n) is 7.88. The maximum atomic E-state index is 13.1. The summed E-state index contributed by atoms with van der Waals surface area (Å²) in [6.07, 6.45) is 7.74. The van der Waals surface area contributed by atoms with Gasteiger partial charge in [0.05, 0.1) is 6.04 Å². The van der Waals surface area contributed by atoms with Gasteiger partial charge in [0.15, 0.2) is 0 Å². The number of carbonyl (C=O) groups is 1. The van der Waals surface area contributed by atoms with Crippen molar-refractivity contribution in [2.75, 3.05) is 0 Å². The van der Waals surface area contributed by atoms with Crippen molar-refractivity contribution in [2.45, 2.75) is 31.8 Å². The number of benzene rings is 1. The van der Waals surface area contributed by atoms with Crippen molar-refractivity contribution >= 4 is 5.91 Å². The molecule has 1 aromatic heterocycles. The number of hydrogen-bond acceptors (Lipinski definition) is 2. The molecule has 1 aliphatic heterocycles. The van der Waals surface area contributed by atoms with Gasteiger partial charge in [0.1, 0.15) is 5.69 Å². The van der Waals surface area contributed by atoms with E-state index in [-0.39, 0.29) is 18.0 Å². The van der Waals surface area contributed by atoms with Crippen LogP contribution in [0, 0.1) is 6.92 Å². The number of rotatable bonds is 4. The highest BCUT2D eigenvalue weighted by atomic mass is 16.2. The lowest BCUT2D eigenvalue weighted by Crippen LogP contribution is -2.44. The zero-order chi connectivity index (χ0) is 16.2. The van der Waals surface area contributed by atoms with Crippen LogP contribution in [0.1, 0.15) is 40.6 Å². The molecule has 0 aliphatic carbocycles. The molecule has 118 valence electrons. The topological polar surface area (TPSA) is 49.0 Å². The molecule has 4 heteroatoms. The number of hydrogen-bond donors (Lipinski definition) is 1. The predicted molar refractivity (Wildman–Crippen MR) is 91.0 cm³/mol. The van der Waals surface area contributed by atoms with E-state index < -0.39 is 0 Å². The minimum Gasteiger partial charge on any atom is -0.323 e. The molecule has 2 atom stereocenters. The quantitative estimate of drug-likeness (QED) is 0.873. The zero-order valence-corrected chi connectivity index (χ0v) is 13.3. The van der Waals surface area contributed by atoms with Gasteiger partial charge in [-0.1, -0.05) is 48.6 Å². The summed E-state index contributed by atoms with van der Waals surface area (Å²) >= 11 is 0. The summed E-state index contributed by atoms with van der Waals surface area (Å²) in [6.45, 7) is 5.74. The van der Waals surface area contributed by atoms with E-state index in [4.69, 9.17) is 0 Å². The molecule has 0 fully saturated rings. The van der Waals surface area contributed by atoms with E-state index >= 15 is 0 Å². The average molecular weight is 307 g/mol. The minimum atomic E-state index is -0.0700. The first kappa shape index (κ1) is 15.3. The van der Waals surface area contributed by atoms with E-state index in [0.717, 1.165) is 24.1 Å². The second-order valence-corrected chi connectivity index (χ2v) is 5.85. The summed E-state index contributed by atoms with van der Waals surface area (Å²) in [4.78, 5) is 15.0. The molecule has 2 heterocycles. The van der Waals surface area contributed by atoms with Gasteiger partial charge in [-0.2, -0.15) is 5.10 Å². The van der Waals surface area contributed by atoms with Crippen LogP contribution >= 0.6 is 0 Å². The number of aromatic nitrogens is 2. The fourth-order valence-electron chi connectivity index (χ4n) is 3.07. The molecule has 23 heavy (non-hydrogen) atoms. The van der Waals surface area contributed by atoms with E-state index in [9.17, 15) is 4.79 Å². The van der Waals surface area contributed by atoms with Gasteiger partial charge in [0.25, 0.3) is 5.91 Å². The molecular weight excluding hydrogens is 286 g/mol. The number of aryl methyl sites for hydroxylation is 1. The van der Waals surface area contributed by atoms with Crippen LogP contribution in [0.3, 0.4) is 0 Å². The average Bonchev–Trinajstić information content (AvgIpc) is 3.02. The zero-order valence-electron chi connectivity index (χ0n) is 13.3. The number of nitrogens with one attached hydrogen (secondary N) is 1. The van der Waals surface area contributed by atoms with E-state index in [0.29, 0.717) is 5.69 Å². The fraction of sp³-hybridized carbons (Fsp3) is 0.263. The van der Waals surface area contributed by atoms with Gasteiger partial charge in [-0.05, 0) is 31.4 Å². The summed E-state index contributed by atoms with van der Waals surface area (Å²) in [5, 5.41) is 7.00. The maximum Gasteiger partial charge on any atom is 0.275 e. The van der Waals surface area contributed by atoms with Crippen molar-refractivity contribution in [1.29, 1.82) is 0 Å². The minimum absolute atomic E-state index is 0.0422. The second-order valence-electron chi connectivity index (χ2n) is 5.85. The number of amides is 1. The van der Waals surface area contributed by atoms with Crippen molar-refractivity contribution in [1.82, 2.24) is 15.1 Å². The smallest absolute Gasteiger partial charge is 0.275 e. The third-order valence-electron chi connectivity index (χ3n) is 4.16. The van der Waals surface area contributed by atoms with Crippen LogP contribution in [0.4, 0.5) is 0 Å². The summed E-state index contributed by atoms with van der Waals surface area (Å²) in [5.41, 5.74) is 2.46. The lowest BCUT2D eigenvalue weighted by molar-refractivity contribution is 0.0597. The Morgan fingerprint density at radius 2 is 2.22 bits per heavy atom. The Balaban J connectivity index is 1.99. The molecule has 4 nitrogen and oxygen atoms in total. The van der Waals surface area contributed by atoms with Gasteiger partial charge in [0.2, 0.25) is 0 Å². The summed E-state index contributed by atoms with van der Waals surface area (Å²) < 4.78 is 0. The highest BCUT2D eigenvalue weighted by molar-refractivity contribution is 5.93. The standard InChI is InChI=1S/C19H21N3O/c1-3-8-16-11-7-12-18(15-9-5-4-6-10-15)22(16)19(23)17-13-14(2)20-21-17/h3-7,9-10,12-13,16,18H,1,8,11H2,2H3,(H,20,21)/t16-,18+/m1/s1. The van der Waals surface area contributed by atoms with Gasteiger partial charge in [-0.25, -0.2) is 0 Å². The molecule has 1 aromatic carbocycles. The summed E-state index contributed by atoms with van der Waals surface area (Å²) in [5.74, 6) is -0.0422. The number of H-pyrrole nitrogens is 1. The third-order valence-corrected chi connectivity index (χ3v) is 4.16. The molecule has 0 saturated carbocycles. The Labute approximate surface area is 136 Å². The molecule has 0 unspecified atom stereocenters. The van der Waals surface area contributed by atoms with Crippen LogP contribution in [0.2, 0.25) is 0 Å². The Hall–Kier alpha value is -2.62. The van der Waals surface area contributed by atoms with E-state index in [2.05, 4.69) is 41.1 Å². The van der Waals surface area contributed by atoms with E-state index in [1.165, 1.54) is 0 Å². The van der Waals surface area contributed by atoms with Crippen LogP contribution in [0.25, 0.3) is 0 Å². The summed E-state index contributed by atoms with van der Waals surface area (Å²) in [7, 11) is 0. The molecule has 1 N–H and O–H groups in total. The molecule has 1 amide bonds. The Bertz CT molecular complexity index is 717. The third kappa shape index (κ3) is 3.11.